The van der Waals surface area contributed by atoms with Gasteiger partial charge in [0.2, 0.25) is 5.69 Å². The van der Waals surface area contributed by atoms with Gasteiger partial charge in [-0.3, -0.25) is 10.1 Å². The van der Waals surface area contributed by atoms with Gasteiger partial charge in [0.15, 0.2) is 0 Å². The zero-order valence-electron chi connectivity index (χ0n) is 11.4. The maximum Gasteiger partial charge on any atom is 0.305 e. The number of anilines is 1. The Balaban J connectivity index is 2.25. The molecule has 1 N–H and O–H groups in total. The number of halogens is 2. The summed E-state index contributed by atoms with van der Waals surface area (Å²) in [6.07, 6.45) is 0. The molecule has 0 radical (unpaired) electrons. The quantitative estimate of drug-likeness (QED) is 0.662. The first-order valence-corrected chi connectivity index (χ1v) is 6.95. The summed E-state index contributed by atoms with van der Waals surface area (Å²) >= 11 is 11.8. The molecule has 0 saturated heterocycles. The van der Waals surface area contributed by atoms with Crippen molar-refractivity contribution in [3.63, 3.8) is 0 Å². The number of rotatable bonds is 4. The first-order valence-electron chi connectivity index (χ1n) is 6.19. The number of nitro groups is 1. The molecule has 0 aliphatic rings. The van der Waals surface area contributed by atoms with Crippen LogP contribution in [0.5, 0.6) is 0 Å². The Bertz CT molecular complexity index is 774. The van der Waals surface area contributed by atoms with Crippen molar-refractivity contribution < 1.29 is 4.92 Å². The Hall–Kier alpha value is -2.36. The Morgan fingerprint density at radius 1 is 1.32 bits per heavy atom. The molecule has 1 atom stereocenters. The summed E-state index contributed by atoms with van der Waals surface area (Å²) in [6.45, 7) is 1.87. The van der Waals surface area contributed by atoms with Gasteiger partial charge in [-0.2, -0.15) is 5.26 Å². The molecular weight excluding hydrogens is 327 g/mol. The van der Waals surface area contributed by atoms with E-state index in [-0.39, 0.29) is 17.4 Å². The molecule has 1 aromatic carbocycles. The summed E-state index contributed by atoms with van der Waals surface area (Å²) in [5, 5.41) is 23.7. The highest BCUT2D eigenvalue weighted by Gasteiger charge is 2.16. The molecule has 22 heavy (non-hydrogen) atoms. The number of aromatic nitrogens is 1. The highest BCUT2D eigenvalue weighted by atomic mass is 35.5. The molecule has 2 rings (SSSR count). The van der Waals surface area contributed by atoms with Gasteiger partial charge in [0.25, 0.3) is 0 Å². The first kappa shape index (κ1) is 16.0. The van der Waals surface area contributed by atoms with Gasteiger partial charge in [-0.05, 0) is 30.7 Å². The average Bonchev–Trinajstić information content (AvgIpc) is 2.49. The van der Waals surface area contributed by atoms with Crippen molar-refractivity contribution in [3.8, 4) is 6.07 Å². The summed E-state index contributed by atoms with van der Waals surface area (Å²) < 4.78 is 0. The molecule has 0 bridgehead atoms. The second-order valence-electron chi connectivity index (χ2n) is 4.47. The van der Waals surface area contributed by atoms with Gasteiger partial charge in [0.1, 0.15) is 11.9 Å². The molecule has 1 unspecified atom stereocenters. The molecule has 8 heteroatoms. The fourth-order valence-electron chi connectivity index (χ4n) is 1.85. The third-order valence-corrected chi connectivity index (χ3v) is 3.72. The van der Waals surface area contributed by atoms with Gasteiger partial charge >= 0.3 is 5.69 Å². The lowest BCUT2D eigenvalue weighted by atomic mass is 10.1. The second-order valence-corrected chi connectivity index (χ2v) is 5.29. The largest absolute Gasteiger partial charge is 0.364 e. The van der Waals surface area contributed by atoms with Crippen LogP contribution in [0, 0.1) is 21.4 Å². The Morgan fingerprint density at radius 2 is 2.05 bits per heavy atom. The van der Waals surface area contributed by atoms with E-state index in [1.54, 1.807) is 18.2 Å². The summed E-state index contributed by atoms with van der Waals surface area (Å²) in [5.41, 5.74) is 0.305. The maximum atomic E-state index is 10.8. The average molecular weight is 337 g/mol. The van der Waals surface area contributed by atoms with Crippen LogP contribution in [-0.4, -0.2) is 9.91 Å². The minimum absolute atomic E-state index is 0.171. The molecule has 1 aromatic heterocycles. The van der Waals surface area contributed by atoms with Gasteiger partial charge in [0.05, 0.1) is 15.0 Å². The zero-order chi connectivity index (χ0) is 16.3. The topological polar surface area (TPSA) is 91.9 Å². The minimum atomic E-state index is -0.641. The van der Waals surface area contributed by atoms with Crippen molar-refractivity contribution >= 4 is 34.7 Å². The van der Waals surface area contributed by atoms with Crippen molar-refractivity contribution in [3.05, 3.63) is 61.7 Å². The maximum absolute atomic E-state index is 10.8. The number of hydrogen-bond donors (Lipinski definition) is 1. The molecule has 0 amide bonds. The Labute approximate surface area is 136 Å². The van der Waals surface area contributed by atoms with Gasteiger partial charge in [-0.25, -0.2) is 4.98 Å². The lowest BCUT2D eigenvalue weighted by molar-refractivity contribution is -0.385. The summed E-state index contributed by atoms with van der Waals surface area (Å²) in [7, 11) is 0. The number of nitrogens with one attached hydrogen (secondary N) is 1. The standard InChI is InChI=1S/C14H10Cl2N4O2/c1-8(9-2-3-10(15)11(16)6-9)18-14-5-4-13(20(21)22)12(7-17)19-14/h2-6,8H,1H3,(H,18,19). The molecule has 0 fully saturated rings. The lowest BCUT2D eigenvalue weighted by Gasteiger charge is -2.15. The zero-order valence-corrected chi connectivity index (χ0v) is 12.9. The summed E-state index contributed by atoms with van der Waals surface area (Å²) in [6, 6.07) is 9.45. The second kappa shape index (κ2) is 6.60. The van der Waals surface area contributed by atoms with Crippen LogP contribution in [0.2, 0.25) is 10.0 Å². The van der Waals surface area contributed by atoms with E-state index in [1.807, 2.05) is 13.0 Å². The van der Waals surface area contributed by atoms with Crippen LogP contribution < -0.4 is 5.32 Å². The fraction of sp³-hybridized carbons (Fsp3) is 0.143. The van der Waals surface area contributed by atoms with Crippen molar-refractivity contribution in [2.45, 2.75) is 13.0 Å². The van der Waals surface area contributed by atoms with Gasteiger partial charge in [-0.1, -0.05) is 29.3 Å². The smallest absolute Gasteiger partial charge is 0.305 e. The van der Waals surface area contributed by atoms with Crippen LogP contribution in [0.3, 0.4) is 0 Å². The van der Waals surface area contributed by atoms with Crippen molar-refractivity contribution in [1.82, 2.24) is 4.98 Å². The van der Waals surface area contributed by atoms with Gasteiger partial charge < -0.3 is 5.32 Å². The SMILES string of the molecule is CC(Nc1ccc([N+](=O)[O-])c(C#N)n1)c1ccc(Cl)c(Cl)c1. The minimum Gasteiger partial charge on any atom is -0.364 e. The number of nitrogens with zero attached hydrogens (tertiary/aromatic N) is 3. The predicted octanol–water partition coefficient (Wildman–Crippen LogP) is 4.34. The van der Waals surface area contributed by atoms with Crippen molar-refractivity contribution in [2.24, 2.45) is 0 Å². The fourth-order valence-corrected chi connectivity index (χ4v) is 2.16. The summed E-state index contributed by atoms with van der Waals surface area (Å²) in [5.74, 6) is 0.362. The molecule has 0 aliphatic carbocycles. The van der Waals surface area contributed by atoms with Crippen molar-refractivity contribution in [2.75, 3.05) is 5.32 Å². The normalized spacial score (nSPS) is 11.5. The van der Waals surface area contributed by atoms with E-state index in [2.05, 4.69) is 10.3 Å². The lowest BCUT2D eigenvalue weighted by Crippen LogP contribution is -2.09. The van der Waals surface area contributed by atoms with E-state index in [4.69, 9.17) is 28.5 Å². The number of benzene rings is 1. The highest BCUT2D eigenvalue weighted by molar-refractivity contribution is 6.42. The molecule has 112 valence electrons. The van der Waals surface area contributed by atoms with Crippen LogP contribution in [0.1, 0.15) is 24.2 Å². The van der Waals surface area contributed by atoms with E-state index in [9.17, 15) is 10.1 Å². The molecular formula is C14H10Cl2N4O2. The molecule has 1 heterocycles. The third-order valence-electron chi connectivity index (χ3n) is 2.98. The number of nitriles is 1. The van der Waals surface area contributed by atoms with Crippen LogP contribution >= 0.6 is 23.2 Å². The van der Waals surface area contributed by atoms with E-state index in [1.165, 1.54) is 12.1 Å². The first-order chi connectivity index (χ1) is 10.4. The van der Waals surface area contributed by atoms with Crippen LogP contribution in [-0.2, 0) is 0 Å². The van der Waals surface area contributed by atoms with E-state index in [0.29, 0.717) is 15.9 Å². The van der Waals surface area contributed by atoms with Crippen LogP contribution in [0.4, 0.5) is 11.5 Å². The molecule has 6 nitrogen and oxygen atoms in total. The van der Waals surface area contributed by atoms with E-state index < -0.39 is 4.92 Å². The van der Waals surface area contributed by atoms with Crippen LogP contribution in [0.15, 0.2) is 30.3 Å². The monoisotopic (exact) mass is 336 g/mol. The van der Waals surface area contributed by atoms with Gasteiger partial charge in [0, 0.05) is 12.1 Å². The van der Waals surface area contributed by atoms with E-state index in [0.717, 1.165) is 5.56 Å². The van der Waals surface area contributed by atoms with Crippen molar-refractivity contribution in [1.29, 1.82) is 5.26 Å². The number of pyridine rings is 1. The highest BCUT2D eigenvalue weighted by Crippen LogP contribution is 2.27. The number of hydrogen-bond acceptors (Lipinski definition) is 5. The molecule has 0 aliphatic heterocycles. The Kier molecular flexibility index (Phi) is 4.81. The molecule has 0 spiro atoms. The third kappa shape index (κ3) is 3.45. The van der Waals surface area contributed by atoms with Gasteiger partial charge in [-0.15, -0.1) is 0 Å². The van der Waals surface area contributed by atoms with Crippen LogP contribution in [0.25, 0.3) is 0 Å². The summed E-state index contributed by atoms with van der Waals surface area (Å²) in [4.78, 5) is 14.1. The molecule has 2 aromatic rings. The van der Waals surface area contributed by atoms with E-state index >= 15 is 0 Å². The molecule has 0 saturated carbocycles. The Morgan fingerprint density at radius 3 is 2.64 bits per heavy atom. The predicted molar refractivity (Wildman–Crippen MR) is 84.1 cm³/mol.